The third kappa shape index (κ3) is 7.20. The summed E-state index contributed by atoms with van der Waals surface area (Å²) in [5.74, 6) is -0.460. The van der Waals surface area contributed by atoms with Crippen molar-refractivity contribution in [2.45, 2.75) is 18.2 Å². The molecule has 5 aromatic carbocycles. The second-order valence-corrected chi connectivity index (χ2v) is 16.0. The Morgan fingerprint density at radius 1 is 0.711 bits per heavy atom. The molecule has 1 N–H and O–H groups in total. The van der Waals surface area contributed by atoms with Crippen molar-refractivity contribution in [2.75, 3.05) is 6.61 Å². The Hall–Kier alpha value is -4.23. The smallest absolute Gasteiger partial charge is 0.335 e. The van der Waals surface area contributed by atoms with Gasteiger partial charge in [-0.3, -0.25) is 0 Å². The number of hydrazone groups is 1. The molecule has 0 unspecified atom stereocenters. The Kier molecular flexibility index (Phi) is 10.5. The number of benzene rings is 5. The molecule has 0 saturated carbocycles. The molecule has 0 fully saturated rings. The zero-order valence-electron chi connectivity index (χ0n) is 24.6. The standard InChI is InChI=1S/C36H32BrN2O4PS/c1-2-43-36(40)35(27-34(28-23-25-29(37)26-24-28)38-39-45(41,42)33-21-13-6-14-22-33)44(30-15-7-3-8-16-30,31-17-9-4-10-18-31)32-19-11-5-12-20-32/h3-26,39H,2,27H2,1H3/b38-34-. The van der Waals surface area contributed by atoms with Crippen LogP contribution < -0.4 is 20.7 Å². The third-order valence-electron chi connectivity index (χ3n) is 7.21. The maximum atomic E-state index is 14.3. The number of ether oxygens (including phenoxy) is 1. The van der Waals surface area contributed by atoms with Crippen LogP contribution in [0.15, 0.2) is 160 Å². The van der Waals surface area contributed by atoms with E-state index in [0.717, 1.165) is 20.4 Å². The fraction of sp³-hybridized carbons (Fsp3) is 0.0833. The van der Waals surface area contributed by atoms with Gasteiger partial charge >= 0.3 is 5.97 Å². The average Bonchev–Trinajstić information content (AvgIpc) is 3.08. The van der Waals surface area contributed by atoms with Crippen molar-refractivity contribution >= 4 is 65.7 Å². The predicted octanol–water partition coefficient (Wildman–Crippen LogP) is 6.25. The van der Waals surface area contributed by atoms with Gasteiger partial charge in [0.05, 0.1) is 22.5 Å². The number of carbonyl (C=O) groups is 1. The summed E-state index contributed by atoms with van der Waals surface area (Å²) in [6.07, 6.45) is 0.0181. The molecular formula is C36H32BrN2O4PS. The zero-order valence-corrected chi connectivity index (χ0v) is 27.9. The van der Waals surface area contributed by atoms with Gasteiger partial charge in [-0.25, -0.2) is 4.79 Å². The number of carbonyl (C=O) groups excluding carboxylic acids is 1. The number of sulfonamides is 1. The first-order valence-corrected chi connectivity index (χ1v) is 18.4. The molecule has 0 heterocycles. The SMILES string of the molecule is CCOC(=O)C(C/C(=N/NS(=O)(=O)c1ccccc1)c1ccc(Br)cc1)=P(c1ccccc1)(c1ccccc1)c1ccccc1. The van der Waals surface area contributed by atoms with Gasteiger partial charge in [0.1, 0.15) is 0 Å². The summed E-state index contributed by atoms with van der Waals surface area (Å²) in [4.78, 5) is 16.8. The van der Waals surface area contributed by atoms with E-state index in [4.69, 9.17) is 4.74 Å². The fourth-order valence-corrected chi connectivity index (χ4v) is 10.7. The predicted molar refractivity (Wildman–Crippen MR) is 189 cm³/mol. The van der Waals surface area contributed by atoms with Gasteiger partial charge in [0, 0.05) is 10.9 Å². The fourth-order valence-electron chi connectivity index (χ4n) is 5.19. The summed E-state index contributed by atoms with van der Waals surface area (Å²) >= 11 is 3.49. The summed E-state index contributed by atoms with van der Waals surface area (Å²) in [7, 11) is -3.99. The summed E-state index contributed by atoms with van der Waals surface area (Å²) in [5.41, 5.74) is 1.03. The molecule has 6 nitrogen and oxygen atoms in total. The number of hydrogen-bond donors (Lipinski definition) is 1. The molecule has 0 bridgehead atoms. The molecule has 9 heteroatoms. The van der Waals surface area contributed by atoms with Crippen LogP contribution in [0.25, 0.3) is 0 Å². The van der Waals surface area contributed by atoms with E-state index in [1.54, 1.807) is 25.1 Å². The van der Waals surface area contributed by atoms with Gasteiger partial charge in [0.25, 0.3) is 10.0 Å². The lowest BCUT2D eigenvalue weighted by Crippen LogP contribution is -2.36. The van der Waals surface area contributed by atoms with E-state index in [0.29, 0.717) is 16.6 Å². The van der Waals surface area contributed by atoms with Crippen LogP contribution in [0.4, 0.5) is 0 Å². The molecule has 228 valence electrons. The van der Waals surface area contributed by atoms with Crippen LogP contribution >= 0.6 is 22.8 Å². The summed E-state index contributed by atoms with van der Waals surface area (Å²) < 4.78 is 33.2. The molecule has 5 rings (SSSR count). The van der Waals surface area contributed by atoms with Crippen LogP contribution in [-0.2, 0) is 19.6 Å². The van der Waals surface area contributed by atoms with Gasteiger partial charge in [-0.2, -0.15) is 18.4 Å². The minimum atomic E-state index is -3.99. The van der Waals surface area contributed by atoms with Gasteiger partial charge in [0.2, 0.25) is 0 Å². The van der Waals surface area contributed by atoms with E-state index >= 15 is 0 Å². The summed E-state index contributed by atoms with van der Waals surface area (Å²) in [6, 6.07) is 45.4. The Balaban J connectivity index is 1.85. The maximum absolute atomic E-state index is 14.3. The van der Waals surface area contributed by atoms with Crippen LogP contribution in [0.3, 0.4) is 0 Å². The molecule has 5 aromatic rings. The van der Waals surface area contributed by atoms with Crippen molar-refractivity contribution in [3.05, 3.63) is 156 Å². The highest BCUT2D eigenvalue weighted by molar-refractivity contribution is 9.10. The number of halogens is 1. The second kappa shape index (κ2) is 14.7. The molecule has 0 atom stereocenters. The van der Waals surface area contributed by atoms with Crippen LogP contribution in [0.5, 0.6) is 0 Å². The van der Waals surface area contributed by atoms with Crippen LogP contribution in [0, 0.1) is 0 Å². The van der Waals surface area contributed by atoms with Crippen molar-refractivity contribution in [1.29, 1.82) is 0 Å². The van der Waals surface area contributed by atoms with E-state index in [9.17, 15) is 13.2 Å². The number of nitrogens with one attached hydrogen (secondary N) is 1. The molecule has 0 aliphatic rings. The lowest BCUT2D eigenvalue weighted by Gasteiger charge is -2.32. The van der Waals surface area contributed by atoms with Crippen LogP contribution in [-0.4, -0.2) is 32.0 Å². The van der Waals surface area contributed by atoms with Crippen molar-refractivity contribution in [3.63, 3.8) is 0 Å². The Morgan fingerprint density at radius 2 is 1.16 bits per heavy atom. The highest BCUT2D eigenvalue weighted by Crippen LogP contribution is 2.47. The minimum absolute atomic E-state index is 0.0181. The van der Waals surface area contributed by atoms with Crippen molar-refractivity contribution in [2.24, 2.45) is 5.10 Å². The lowest BCUT2D eigenvalue weighted by atomic mass is 10.1. The molecule has 0 aliphatic heterocycles. The van der Waals surface area contributed by atoms with Crippen LogP contribution in [0.1, 0.15) is 18.9 Å². The molecule has 0 aliphatic carbocycles. The van der Waals surface area contributed by atoms with Crippen molar-refractivity contribution < 1.29 is 17.9 Å². The Bertz CT molecular complexity index is 1830. The zero-order chi connectivity index (χ0) is 31.7. The van der Waals surface area contributed by atoms with E-state index in [-0.39, 0.29) is 17.9 Å². The van der Waals surface area contributed by atoms with E-state index < -0.39 is 22.9 Å². The number of esters is 1. The summed E-state index contributed by atoms with van der Waals surface area (Å²) in [6.45, 7) is -0.929. The van der Waals surface area contributed by atoms with Gasteiger partial charge in [-0.1, -0.05) is 137 Å². The minimum Gasteiger partial charge on any atom is -0.463 e. The Labute approximate surface area is 273 Å². The Morgan fingerprint density at radius 3 is 1.60 bits per heavy atom. The quantitative estimate of drug-likeness (QED) is 0.0765. The average molecular weight is 700 g/mol. The number of nitrogens with zero attached hydrogens (tertiary/aromatic N) is 1. The van der Waals surface area contributed by atoms with Gasteiger partial charge in [-0.05, 0) is 59.6 Å². The number of rotatable bonds is 11. The van der Waals surface area contributed by atoms with E-state index in [2.05, 4.69) is 25.9 Å². The maximum Gasteiger partial charge on any atom is 0.335 e. The van der Waals surface area contributed by atoms with E-state index in [1.807, 2.05) is 115 Å². The molecule has 45 heavy (non-hydrogen) atoms. The number of hydrogen-bond acceptors (Lipinski definition) is 5. The topological polar surface area (TPSA) is 84.8 Å². The van der Waals surface area contributed by atoms with Crippen molar-refractivity contribution in [3.8, 4) is 0 Å². The lowest BCUT2D eigenvalue weighted by molar-refractivity contribution is -0.134. The monoisotopic (exact) mass is 698 g/mol. The molecule has 0 radical (unpaired) electrons. The molecular weight excluding hydrogens is 667 g/mol. The van der Waals surface area contributed by atoms with Crippen LogP contribution in [0.2, 0.25) is 0 Å². The first kappa shape index (κ1) is 32.2. The van der Waals surface area contributed by atoms with Gasteiger partial charge in [0.15, 0.2) is 0 Å². The first-order chi connectivity index (χ1) is 21.9. The normalized spacial score (nSPS) is 11.9. The first-order valence-electron chi connectivity index (χ1n) is 14.3. The second-order valence-electron chi connectivity index (χ2n) is 9.99. The molecule has 0 saturated heterocycles. The largest absolute Gasteiger partial charge is 0.463 e. The van der Waals surface area contributed by atoms with Gasteiger partial charge < -0.3 is 4.74 Å². The molecule has 0 amide bonds. The van der Waals surface area contributed by atoms with E-state index in [1.165, 1.54) is 12.1 Å². The van der Waals surface area contributed by atoms with Crippen molar-refractivity contribution in [1.82, 2.24) is 4.83 Å². The third-order valence-corrected chi connectivity index (χ3v) is 13.3. The molecule has 0 aromatic heterocycles. The highest BCUT2D eigenvalue weighted by atomic mass is 79.9. The highest BCUT2D eigenvalue weighted by Gasteiger charge is 2.34. The molecule has 0 spiro atoms. The van der Waals surface area contributed by atoms with Gasteiger partial charge in [-0.15, -0.1) is 0 Å². The summed E-state index contributed by atoms with van der Waals surface area (Å²) in [5, 5.41) is 7.89.